The van der Waals surface area contributed by atoms with Crippen LogP contribution in [-0.4, -0.2) is 33.1 Å². The third-order valence-electron chi connectivity index (χ3n) is 4.13. The maximum absolute atomic E-state index is 12.5. The number of halogens is 1. The minimum atomic E-state index is -3.68. The van der Waals surface area contributed by atoms with Gasteiger partial charge in [0.05, 0.1) is 30.2 Å². The van der Waals surface area contributed by atoms with Crippen LogP contribution in [0.5, 0.6) is 5.75 Å². The first-order valence-electron chi connectivity index (χ1n) is 8.05. The molecule has 0 saturated carbocycles. The van der Waals surface area contributed by atoms with Crippen molar-refractivity contribution in [1.82, 2.24) is 0 Å². The van der Waals surface area contributed by atoms with Crippen molar-refractivity contribution in [3.05, 3.63) is 53.1 Å². The maximum atomic E-state index is 12.5. The van der Waals surface area contributed by atoms with Crippen LogP contribution in [0.3, 0.4) is 0 Å². The molecule has 2 aromatic carbocycles. The van der Waals surface area contributed by atoms with Gasteiger partial charge in [0.1, 0.15) is 5.75 Å². The fourth-order valence-corrected chi connectivity index (χ4v) is 4.80. The van der Waals surface area contributed by atoms with Crippen LogP contribution in [-0.2, 0) is 14.8 Å². The summed E-state index contributed by atoms with van der Waals surface area (Å²) in [5.41, 5.74) is 0.907. The van der Waals surface area contributed by atoms with Gasteiger partial charge in [-0.3, -0.25) is 9.59 Å². The highest BCUT2D eigenvalue weighted by molar-refractivity contribution is 7.94. The molecule has 0 spiro atoms. The predicted octanol–water partition coefficient (Wildman–Crippen LogP) is 2.91. The number of hydrogen-bond acceptors (Lipinski definition) is 5. The summed E-state index contributed by atoms with van der Waals surface area (Å²) in [6.07, 6.45) is 0. The Morgan fingerprint density at radius 3 is 2.44 bits per heavy atom. The lowest BCUT2D eigenvalue weighted by molar-refractivity contribution is -0.119. The molecule has 1 heterocycles. The summed E-state index contributed by atoms with van der Waals surface area (Å²) < 4.78 is 30.3. The highest BCUT2D eigenvalue weighted by Crippen LogP contribution is 2.30. The van der Waals surface area contributed by atoms with Crippen LogP contribution in [0, 0.1) is 5.92 Å². The Balaban J connectivity index is 1.83. The van der Waals surface area contributed by atoms with Crippen molar-refractivity contribution in [2.45, 2.75) is 6.92 Å². The van der Waals surface area contributed by atoms with Crippen molar-refractivity contribution in [2.75, 3.05) is 22.5 Å². The third-order valence-corrected chi connectivity index (χ3v) is 6.24. The molecule has 1 atom stereocenters. The number of carbonyl (C=O) groups is 2. The van der Waals surface area contributed by atoms with Gasteiger partial charge in [0, 0.05) is 10.6 Å². The average Bonchev–Trinajstić information content (AvgIpc) is 2.82. The number of rotatable bonds is 4. The molecular weight excluding hydrogens is 392 g/mol. The highest BCUT2D eigenvalue weighted by atomic mass is 35.5. The molecule has 0 aromatic heterocycles. The van der Waals surface area contributed by atoms with Gasteiger partial charge in [-0.15, -0.1) is 0 Å². The van der Waals surface area contributed by atoms with E-state index in [9.17, 15) is 18.0 Å². The lowest BCUT2D eigenvalue weighted by Gasteiger charge is -2.16. The number of hydrogen-bond donors (Lipinski definition) is 1. The molecule has 9 heteroatoms. The SMILES string of the molecule is COc1ccc(Cl)cc1NC(=O)c1ccc(N2C(=O)[C@@H](C)CS2(=O)=O)cc1. The van der Waals surface area contributed by atoms with Crippen LogP contribution in [0.25, 0.3) is 0 Å². The topological polar surface area (TPSA) is 92.8 Å². The molecular formula is C18H17ClN2O5S. The Morgan fingerprint density at radius 2 is 1.89 bits per heavy atom. The molecule has 2 aromatic rings. The van der Waals surface area contributed by atoms with Crippen molar-refractivity contribution < 1.29 is 22.7 Å². The molecule has 3 rings (SSSR count). The number of carbonyl (C=O) groups excluding carboxylic acids is 2. The monoisotopic (exact) mass is 408 g/mol. The molecule has 1 aliphatic rings. The first-order chi connectivity index (χ1) is 12.7. The van der Waals surface area contributed by atoms with Crippen molar-refractivity contribution in [2.24, 2.45) is 5.92 Å². The van der Waals surface area contributed by atoms with E-state index >= 15 is 0 Å². The fourth-order valence-electron chi connectivity index (χ4n) is 2.81. The van der Waals surface area contributed by atoms with Crippen LogP contribution >= 0.6 is 11.6 Å². The van der Waals surface area contributed by atoms with Gasteiger partial charge in [0.15, 0.2) is 0 Å². The summed E-state index contributed by atoms with van der Waals surface area (Å²) in [6.45, 7) is 1.57. The van der Waals surface area contributed by atoms with Crippen LogP contribution in [0.2, 0.25) is 5.02 Å². The first kappa shape index (κ1) is 19.2. The summed E-state index contributed by atoms with van der Waals surface area (Å²) in [6, 6.07) is 10.6. The maximum Gasteiger partial charge on any atom is 0.255 e. The smallest absolute Gasteiger partial charge is 0.255 e. The summed E-state index contributed by atoms with van der Waals surface area (Å²) in [5.74, 6) is -1.26. The lowest BCUT2D eigenvalue weighted by atomic mass is 10.1. The van der Waals surface area contributed by atoms with Gasteiger partial charge in [-0.05, 0) is 42.5 Å². The molecule has 1 N–H and O–H groups in total. The summed E-state index contributed by atoms with van der Waals surface area (Å²) >= 11 is 5.95. The summed E-state index contributed by atoms with van der Waals surface area (Å²) in [7, 11) is -2.21. The second-order valence-electron chi connectivity index (χ2n) is 6.13. The van der Waals surface area contributed by atoms with E-state index in [4.69, 9.17) is 16.3 Å². The molecule has 142 valence electrons. The zero-order valence-electron chi connectivity index (χ0n) is 14.6. The molecule has 1 aliphatic heterocycles. The van der Waals surface area contributed by atoms with E-state index in [1.165, 1.54) is 31.4 Å². The van der Waals surface area contributed by atoms with Crippen molar-refractivity contribution >= 4 is 44.8 Å². The molecule has 0 radical (unpaired) electrons. The number of nitrogens with one attached hydrogen (secondary N) is 1. The second-order valence-corrected chi connectivity index (χ2v) is 8.43. The molecule has 0 unspecified atom stereocenters. The van der Waals surface area contributed by atoms with Gasteiger partial charge in [-0.25, -0.2) is 12.7 Å². The van der Waals surface area contributed by atoms with E-state index in [2.05, 4.69) is 5.32 Å². The van der Waals surface area contributed by atoms with Gasteiger partial charge in [-0.2, -0.15) is 0 Å². The molecule has 27 heavy (non-hydrogen) atoms. The molecule has 1 fully saturated rings. The average molecular weight is 409 g/mol. The van der Waals surface area contributed by atoms with Gasteiger partial charge < -0.3 is 10.1 Å². The molecule has 7 nitrogen and oxygen atoms in total. The Labute approximate surface area is 161 Å². The van der Waals surface area contributed by atoms with E-state index in [0.29, 0.717) is 16.5 Å². The number of anilines is 2. The van der Waals surface area contributed by atoms with E-state index in [0.717, 1.165) is 4.31 Å². The predicted molar refractivity (Wildman–Crippen MR) is 103 cm³/mol. The second kappa shape index (κ2) is 7.21. The van der Waals surface area contributed by atoms with Crippen LogP contribution < -0.4 is 14.4 Å². The largest absolute Gasteiger partial charge is 0.495 e. The number of amides is 2. The molecule has 2 amide bonds. The van der Waals surface area contributed by atoms with Gasteiger partial charge >= 0.3 is 0 Å². The number of nitrogens with zero attached hydrogens (tertiary/aromatic N) is 1. The van der Waals surface area contributed by atoms with Gasteiger partial charge in [-0.1, -0.05) is 18.5 Å². The van der Waals surface area contributed by atoms with E-state index in [1.807, 2.05) is 0 Å². The first-order valence-corrected chi connectivity index (χ1v) is 10.0. The number of benzene rings is 2. The van der Waals surface area contributed by atoms with E-state index in [1.54, 1.807) is 25.1 Å². The van der Waals surface area contributed by atoms with Crippen LogP contribution in [0.1, 0.15) is 17.3 Å². The zero-order valence-corrected chi connectivity index (χ0v) is 16.2. The fraction of sp³-hybridized carbons (Fsp3) is 0.222. The van der Waals surface area contributed by atoms with E-state index in [-0.39, 0.29) is 17.0 Å². The normalized spacial score (nSPS) is 18.4. The Kier molecular flexibility index (Phi) is 5.12. The summed E-state index contributed by atoms with van der Waals surface area (Å²) in [5, 5.41) is 3.13. The zero-order chi connectivity index (χ0) is 19.8. The standard InChI is InChI=1S/C18H17ClN2O5S/c1-11-10-27(24,25)21(18(11)23)14-6-3-12(4-7-14)17(22)20-15-9-13(19)5-8-16(15)26-2/h3-9,11H,10H2,1-2H3,(H,20,22)/t11-/m0/s1. The lowest BCUT2D eigenvalue weighted by Crippen LogP contribution is -2.30. The van der Waals surface area contributed by atoms with Crippen molar-refractivity contribution in [3.63, 3.8) is 0 Å². The highest BCUT2D eigenvalue weighted by Gasteiger charge is 2.41. The minimum Gasteiger partial charge on any atom is -0.495 e. The Bertz CT molecular complexity index is 1000. The molecule has 0 aliphatic carbocycles. The quantitative estimate of drug-likeness (QED) is 0.839. The van der Waals surface area contributed by atoms with Crippen LogP contribution in [0.15, 0.2) is 42.5 Å². The number of ether oxygens (including phenoxy) is 1. The molecule has 1 saturated heterocycles. The number of sulfonamides is 1. The van der Waals surface area contributed by atoms with E-state index < -0.39 is 27.8 Å². The minimum absolute atomic E-state index is 0.209. The van der Waals surface area contributed by atoms with Crippen molar-refractivity contribution in [3.8, 4) is 5.75 Å². The van der Waals surface area contributed by atoms with Crippen molar-refractivity contribution in [1.29, 1.82) is 0 Å². The Morgan fingerprint density at radius 1 is 1.22 bits per heavy atom. The third kappa shape index (κ3) is 3.77. The van der Waals surface area contributed by atoms with Gasteiger partial charge in [0.25, 0.3) is 5.91 Å². The van der Waals surface area contributed by atoms with Crippen LogP contribution in [0.4, 0.5) is 11.4 Å². The summed E-state index contributed by atoms with van der Waals surface area (Å²) in [4.78, 5) is 24.6. The molecule has 0 bridgehead atoms. The number of methoxy groups -OCH3 is 1. The van der Waals surface area contributed by atoms with Gasteiger partial charge in [0.2, 0.25) is 15.9 Å². The Hall–Kier alpha value is -2.58.